The summed E-state index contributed by atoms with van der Waals surface area (Å²) in [4.78, 5) is 31.7. The van der Waals surface area contributed by atoms with E-state index in [1.807, 2.05) is 25.1 Å². The molecule has 26 heavy (non-hydrogen) atoms. The summed E-state index contributed by atoms with van der Waals surface area (Å²) in [5, 5.41) is 3.86. The molecule has 1 amide bonds. The molecule has 2 atom stereocenters. The smallest absolute Gasteiger partial charge is 0.331 e. The van der Waals surface area contributed by atoms with Crippen LogP contribution in [-0.2, 0) is 14.3 Å². The Bertz CT molecular complexity index is 773. The second-order valence-electron chi connectivity index (χ2n) is 6.92. The maximum Gasteiger partial charge on any atom is 0.331 e. The Morgan fingerprint density at radius 3 is 2.88 bits per heavy atom. The second kappa shape index (κ2) is 7.61. The van der Waals surface area contributed by atoms with Gasteiger partial charge in [0.15, 0.2) is 5.13 Å². The Hall–Kier alpha value is -2.15. The minimum atomic E-state index is -0.982. The van der Waals surface area contributed by atoms with Crippen molar-refractivity contribution in [3.05, 3.63) is 24.3 Å². The Labute approximate surface area is 157 Å². The van der Waals surface area contributed by atoms with Gasteiger partial charge < -0.3 is 15.0 Å². The van der Waals surface area contributed by atoms with E-state index >= 15 is 0 Å². The number of rotatable bonds is 5. The molecule has 1 N–H and O–H groups in total. The van der Waals surface area contributed by atoms with Gasteiger partial charge in [0, 0.05) is 13.1 Å². The van der Waals surface area contributed by atoms with Crippen molar-refractivity contribution in [3.63, 3.8) is 0 Å². The first-order valence-electron chi connectivity index (χ1n) is 8.98. The van der Waals surface area contributed by atoms with Gasteiger partial charge in [0.05, 0.1) is 23.2 Å². The summed E-state index contributed by atoms with van der Waals surface area (Å²) in [7, 11) is 1.35. The number of carbonyl (C=O) groups excluding carboxylic acids is 2. The van der Waals surface area contributed by atoms with E-state index in [0.29, 0.717) is 13.0 Å². The Morgan fingerprint density at radius 1 is 1.42 bits per heavy atom. The number of thiazole rings is 1. The van der Waals surface area contributed by atoms with E-state index in [9.17, 15) is 9.59 Å². The molecule has 1 fully saturated rings. The molecule has 1 aliphatic heterocycles. The number of nitrogens with zero attached hydrogens (tertiary/aromatic N) is 2. The number of amides is 1. The quantitative estimate of drug-likeness (QED) is 0.814. The highest BCUT2D eigenvalue weighted by molar-refractivity contribution is 7.22. The van der Waals surface area contributed by atoms with Gasteiger partial charge in [0.2, 0.25) is 5.91 Å². The number of aromatic nitrogens is 1. The highest BCUT2D eigenvalue weighted by atomic mass is 32.1. The number of para-hydroxylation sites is 1. The molecule has 7 heteroatoms. The zero-order valence-corrected chi connectivity index (χ0v) is 16.3. The number of methoxy groups -OCH3 is 1. The standard InChI is InChI=1S/C19H25N3O3S/c1-4-19(2,17(24)25-3)21-16(23)13-8-7-11-22(12-13)18-20-14-9-5-6-10-15(14)26-18/h5-6,9-10,13H,4,7-8,11-12H2,1-3H3,(H,21,23)/t13-,19-/m0/s1. The number of esters is 1. The molecule has 0 radical (unpaired) electrons. The molecule has 140 valence electrons. The third-order valence-electron chi connectivity index (χ3n) is 5.09. The van der Waals surface area contributed by atoms with Crippen molar-refractivity contribution in [3.8, 4) is 0 Å². The van der Waals surface area contributed by atoms with Gasteiger partial charge in [-0.25, -0.2) is 9.78 Å². The van der Waals surface area contributed by atoms with Gasteiger partial charge in [0.1, 0.15) is 5.54 Å². The molecule has 2 heterocycles. The van der Waals surface area contributed by atoms with Gasteiger partial charge in [-0.15, -0.1) is 0 Å². The molecule has 0 bridgehead atoms. The summed E-state index contributed by atoms with van der Waals surface area (Å²) < 4.78 is 6.00. The lowest BCUT2D eigenvalue weighted by molar-refractivity contribution is -0.151. The Morgan fingerprint density at radius 2 is 2.19 bits per heavy atom. The maximum absolute atomic E-state index is 12.8. The summed E-state index contributed by atoms with van der Waals surface area (Å²) in [6, 6.07) is 8.06. The van der Waals surface area contributed by atoms with Crippen LogP contribution in [0.5, 0.6) is 0 Å². The van der Waals surface area contributed by atoms with Crippen molar-refractivity contribution in [1.82, 2.24) is 10.3 Å². The zero-order valence-electron chi connectivity index (χ0n) is 15.4. The topological polar surface area (TPSA) is 71.5 Å². The molecule has 6 nitrogen and oxygen atoms in total. The van der Waals surface area contributed by atoms with E-state index in [1.165, 1.54) is 7.11 Å². The molecule has 1 aromatic carbocycles. The van der Waals surface area contributed by atoms with Crippen LogP contribution in [0.25, 0.3) is 10.2 Å². The molecule has 0 spiro atoms. The average Bonchev–Trinajstić information content (AvgIpc) is 3.11. The van der Waals surface area contributed by atoms with Crippen LogP contribution in [0.3, 0.4) is 0 Å². The summed E-state index contributed by atoms with van der Waals surface area (Å²) in [6.45, 7) is 5.09. The largest absolute Gasteiger partial charge is 0.467 e. The normalized spacial score (nSPS) is 19.8. The number of benzene rings is 1. The van der Waals surface area contributed by atoms with E-state index in [2.05, 4.69) is 16.3 Å². The Balaban J connectivity index is 1.71. The van der Waals surface area contributed by atoms with E-state index in [0.717, 1.165) is 34.7 Å². The molecule has 0 unspecified atom stereocenters. The molecular weight excluding hydrogens is 350 g/mol. The van der Waals surface area contributed by atoms with Crippen LogP contribution in [0.1, 0.15) is 33.1 Å². The minimum absolute atomic E-state index is 0.0921. The van der Waals surface area contributed by atoms with Gasteiger partial charge in [-0.1, -0.05) is 30.4 Å². The molecule has 1 aromatic heterocycles. The average molecular weight is 375 g/mol. The lowest BCUT2D eigenvalue weighted by Crippen LogP contribution is -2.55. The highest BCUT2D eigenvalue weighted by Crippen LogP contribution is 2.31. The van der Waals surface area contributed by atoms with Crippen molar-refractivity contribution < 1.29 is 14.3 Å². The molecule has 1 saturated heterocycles. The Kier molecular flexibility index (Phi) is 5.46. The molecule has 2 aromatic rings. The first-order chi connectivity index (χ1) is 12.5. The zero-order chi connectivity index (χ0) is 18.7. The third-order valence-corrected chi connectivity index (χ3v) is 6.18. The summed E-state index contributed by atoms with van der Waals surface area (Å²) in [6.07, 6.45) is 2.23. The van der Waals surface area contributed by atoms with Crippen LogP contribution in [0.4, 0.5) is 5.13 Å². The number of hydrogen-bond donors (Lipinski definition) is 1. The van der Waals surface area contributed by atoms with Gasteiger partial charge in [-0.3, -0.25) is 4.79 Å². The minimum Gasteiger partial charge on any atom is -0.467 e. The lowest BCUT2D eigenvalue weighted by atomic mass is 9.93. The lowest BCUT2D eigenvalue weighted by Gasteiger charge is -2.34. The molecule has 0 aliphatic carbocycles. The summed E-state index contributed by atoms with van der Waals surface area (Å²) >= 11 is 1.65. The predicted molar refractivity (Wildman–Crippen MR) is 103 cm³/mol. The van der Waals surface area contributed by atoms with Gasteiger partial charge in [0.25, 0.3) is 0 Å². The van der Waals surface area contributed by atoms with Crippen molar-refractivity contribution in [2.24, 2.45) is 5.92 Å². The van der Waals surface area contributed by atoms with Crippen LogP contribution < -0.4 is 10.2 Å². The van der Waals surface area contributed by atoms with Crippen LogP contribution >= 0.6 is 11.3 Å². The van der Waals surface area contributed by atoms with Crippen molar-refractivity contribution >= 4 is 38.6 Å². The fraction of sp³-hybridized carbons (Fsp3) is 0.526. The van der Waals surface area contributed by atoms with E-state index < -0.39 is 11.5 Å². The summed E-state index contributed by atoms with van der Waals surface area (Å²) in [5.41, 5.74) is 0.00702. The number of carbonyl (C=O) groups is 2. The van der Waals surface area contributed by atoms with Gasteiger partial charge in [-0.2, -0.15) is 0 Å². The SMILES string of the molecule is CC[C@](C)(NC(=O)[C@H]1CCCN(c2nc3ccccc3s2)C1)C(=O)OC. The number of anilines is 1. The predicted octanol–water partition coefficient (Wildman–Crippen LogP) is 2.97. The fourth-order valence-electron chi connectivity index (χ4n) is 3.24. The van der Waals surface area contributed by atoms with Crippen LogP contribution in [0.2, 0.25) is 0 Å². The monoisotopic (exact) mass is 375 g/mol. The second-order valence-corrected chi connectivity index (χ2v) is 7.92. The van der Waals surface area contributed by atoms with Gasteiger partial charge in [-0.05, 0) is 38.3 Å². The number of ether oxygens (including phenoxy) is 1. The molecule has 1 aliphatic rings. The molecule has 0 saturated carbocycles. The first-order valence-corrected chi connectivity index (χ1v) is 9.79. The first kappa shape index (κ1) is 18.6. The fourth-order valence-corrected chi connectivity index (χ4v) is 4.24. The van der Waals surface area contributed by atoms with Crippen LogP contribution in [-0.4, -0.2) is 42.6 Å². The van der Waals surface area contributed by atoms with Crippen LogP contribution in [0.15, 0.2) is 24.3 Å². The van der Waals surface area contributed by atoms with Crippen molar-refractivity contribution in [2.75, 3.05) is 25.1 Å². The van der Waals surface area contributed by atoms with Crippen molar-refractivity contribution in [2.45, 2.75) is 38.6 Å². The molecular formula is C19H25N3O3S. The highest BCUT2D eigenvalue weighted by Gasteiger charge is 2.37. The maximum atomic E-state index is 12.8. The van der Waals surface area contributed by atoms with Crippen molar-refractivity contribution in [1.29, 1.82) is 0 Å². The number of fused-ring (bicyclic) bond motifs is 1. The number of nitrogens with one attached hydrogen (secondary N) is 1. The van der Waals surface area contributed by atoms with E-state index in [4.69, 9.17) is 9.72 Å². The summed E-state index contributed by atoms with van der Waals surface area (Å²) in [5.74, 6) is -0.663. The molecule has 3 rings (SSSR count). The number of hydrogen-bond acceptors (Lipinski definition) is 6. The van der Waals surface area contributed by atoms with E-state index in [-0.39, 0.29) is 11.8 Å². The van der Waals surface area contributed by atoms with E-state index in [1.54, 1.807) is 18.3 Å². The van der Waals surface area contributed by atoms with Gasteiger partial charge >= 0.3 is 5.97 Å². The van der Waals surface area contributed by atoms with Crippen LogP contribution in [0, 0.1) is 5.92 Å². The number of piperidine rings is 1. The third kappa shape index (κ3) is 3.67.